The van der Waals surface area contributed by atoms with E-state index < -0.39 is 3.12 Å². The maximum Gasteiger partial charge on any atom is 0.256 e. The first-order chi connectivity index (χ1) is 6.51. The molecule has 1 aromatic heterocycles. The number of anilines is 1. The van der Waals surface area contributed by atoms with Crippen molar-refractivity contribution >= 4 is 63.2 Å². The fourth-order valence-electron chi connectivity index (χ4n) is 0.711. The Bertz CT molecular complexity index is 286. The summed E-state index contributed by atoms with van der Waals surface area (Å²) in [7, 11) is 0. The molecule has 0 aromatic carbocycles. The number of aromatic nitrogens is 2. The normalized spacial score (nSPS) is 11.7. The third kappa shape index (κ3) is 4.89. The lowest BCUT2D eigenvalue weighted by molar-refractivity contribution is 0.879. The summed E-state index contributed by atoms with van der Waals surface area (Å²) in [5, 5.41) is 9.51. The zero-order valence-electron chi connectivity index (χ0n) is 7.26. The molecule has 0 aliphatic carbocycles. The van der Waals surface area contributed by atoms with E-state index in [2.05, 4.69) is 21.8 Å². The molecule has 1 heterocycles. The lowest BCUT2D eigenvalue weighted by Gasteiger charge is -2.08. The fraction of sp³-hybridized carbons (Fsp3) is 0.667. The quantitative estimate of drug-likeness (QED) is 0.675. The van der Waals surface area contributed by atoms with E-state index in [4.69, 9.17) is 34.8 Å². The van der Waals surface area contributed by atoms with Crippen LogP contribution < -0.4 is 4.72 Å². The van der Waals surface area contributed by atoms with Gasteiger partial charge in [0, 0.05) is 18.4 Å². The van der Waals surface area contributed by atoms with E-state index in [-0.39, 0.29) is 0 Å². The van der Waals surface area contributed by atoms with Crippen LogP contribution >= 0.6 is 58.1 Å². The summed E-state index contributed by atoms with van der Waals surface area (Å²) in [5.74, 6) is 0. The van der Waals surface area contributed by atoms with Gasteiger partial charge in [-0.05, 0) is 6.42 Å². The van der Waals surface area contributed by atoms with Gasteiger partial charge in [-0.1, -0.05) is 53.1 Å². The van der Waals surface area contributed by atoms with E-state index in [1.54, 1.807) is 0 Å². The van der Waals surface area contributed by atoms with Crippen LogP contribution in [0.1, 0.15) is 18.4 Å². The largest absolute Gasteiger partial charge is 0.301 e. The zero-order valence-corrected chi connectivity index (χ0v) is 11.2. The number of hydrogen-bond acceptors (Lipinski definition) is 5. The van der Waals surface area contributed by atoms with Crippen LogP contribution in [0.2, 0.25) is 0 Å². The van der Waals surface area contributed by atoms with E-state index in [1.807, 2.05) is 0 Å². The van der Waals surface area contributed by atoms with Crippen molar-refractivity contribution in [2.75, 3.05) is 4.72 Å². The minimum absolute atomic E-state index is 0.657. The minimum atomic E-state index is -1.38. The molecule has 0 unspecified atom stereocenters. The van der Waals surface area contributed by atoms with Gasteiger partial charge in [0.25, 0.3) is 3.12 Å². The molecule has 0 amide bonds. The molecule has 0 aliphatic rings. The molecular weight excluding hydrogens is 285 g/mol. The Morgan fingerprint density at radius 1 is 1.43 bits per heavy atom. The summed E-state index contributed by atoms with van der Waals surface area (Å²) >= 11 is 19.1. The van der Waals surface area contributed by atoms with Crippen molar-refractivity contribution in [1.29, 1.82) is 0 Å². The second-order valence-corrected chi connectivity index (χ2v) is 7.44. The van der Waals surface area contributed by atoms with Crippen molar-refractivity contribution in [2.24, 2.45) is 0 Å². The first kappa shape index (κ1) is 12.6. The third-order valence-corrected chi connectivity index (χ3v) is 3.43. The highest BCUT2D eigenvalue weighted by atomic mass is 35.6. The summed E-state index contributed by atoms with van der Waals surface area (Å²) in [5.41, 5.74) is 0. The van der Waals surface area contributed by atoms with Crippen molar-refractivity contribution in [3.63, 3.8) is 0 Å². The second kappa shape index (κ2) is 5.61. The molecule has 0 atom stereocenters. The van der Waals surface area contributed by atoms with Crippen molar-refractivity contribution in [2.45, 2.75) is 22.9 Å². The van der Waals surface area contributed by atoms with E-state index in [1.165, 1.54) is 11.3 Å². The van der Waals surface area contributed by atoms with Gasteiger partial charge >= 0.3 is 0 Å². The van der Waals surface area contributed by atoms with Crippen LogP contribution in [0.5, 0.6) is 0 Å². The number of hydrogen-bond donors (Lipinski definition) is 1. The molecule has 0 radical (unpaired) electrons. The monoisotopic (exact) mass is 291 g/mol. The van der Waals surface area contributed by atoms with Crippen molar-refractivity contribution in [1.82, 2.24) is 10.2 Å². The molecule has 80 valence electrons. The van der Waals surface area contributed by atoms with Crippen LogP contribution in [0.4, 0.5) is 5.13 Å². The SMILES string of the molecule is CCCc1nnc(NSC(Cl)(Cl)Cl)s1. The van der Waals surface area contributed by atoms with Gasteiger partial charge in [0.1, 0.15) is 5.01 Å². The van der Waals surface area contributed by atoms with Crippen LogP contribution in [0.25, 0.3) is 0 Å². The molecule has 0 saturated carbocycles. The Hall–Kier alpha value is 0.580. The van der Waals surface area contributed by atoms with E-state index >= 15 is 0 Å². The van der Waals surface area contributed by atoms with Crippen molar-refractivity contribution in [3.8, 4) is 0 Å². The molecular formula is C6H8Cl3N3S2. The first-order valence-corrected chi connectivity index (χ1v) is 6.61. The summed E-state index contributed by atoms with van der Waals surface area (Å²) < 4.78 is 1.45. The molecule has 0 bridgehead atoms. The van der Waals surface area contributed by atoms with Gasteiger partial charge in [0.05, 0.1) is 0 Å². The fourth-order valence-corrected chi connectivity index (χ4v) is 2.29. The average molecular weight is 293 g/mol. The predicted molar refractivity (Wildman–Crippen MR) is 65.4 cm³/mol. The summed E-state index contributed by atoms with van der Waals surface area (Å²) in [6.07, 6.45) is 1.98. The molecule has 8 heteroatoms. The zero-order chi connectivity index (χ0) is 10.6. The number of halogens is 3. The molecule has 1 N–H and O–H groups in total. The molecule has 1 aromatic rings. The van der Waals surface area contributed by atoms with Gasteiger partial charge in [0.2, 0.25) is 5.13 Å². The lowest BCUT2D eigenvalue weighted by Crippen LogP contribution is -1.99. The number of rotatable bonds is 4. The van der Waals surface area contributed by atoms with Gasteiger partial charge in [-0.3, -0.25) is 0 Å². The number of nitrogens with zero attached hydrogens (tertiary/aromatic N) is 2. The van der Waals surface area contributed by atoms with Gasteiger partial charge in [-0.2, -0.15) is 0 Å². The Kier molecular flexibility index (Phi) is 5.06. The maximum atomic E-state index is 5.54. The van der Waals surface area contributed by atoms with Crippen molar-refractivity contribution in [3.05, 3.63) is 5.01 Å². The molecule has 0 fully saturated rings. The lowest BCUT2D eigenvalue weighted by atomic mass is 10.4. The Morgan fingerprint density at radius 3 is 2.71 bits per heavy atom. The second-order valence-electron chi connectivity index (χ2n) is 2.40. The number of nitrogens with one attached hydrogen (secondary N) is 1. The predicted octanol–water partition coefficient (Wildman–Crippen LogP) is 3.88. The van der Waals surface area contributed by atoms with E-state index in [9.17, 15) is 0 Å². The van der Waals surface area contributed by atoms with Crippen LogP contribution in [0.15, 0.2) is 0 Å². The highest BCUT2D eigenvalue weighted by molar-refractivity contribution is 8.06. The van der Waals surface area contributed by atoms with Crippen molar-refractivity contribution < 1.29 is 0 Å². The highest BCUT2D eigenvalue weighted by Crippen LogP contribution is 2.39. The molecule has 0 saturated heterocycles. The Morgan fingerprint density at radius 2 is 2.14 bits per heavy atom. The van der Waals surface area contributed by atoms with Gasteiger partial charge in [-0.25, -0.2) is 0 Å². The van der Waals surface area contributed by atoms with Gasteiger partial charge in [0.15, 0.2) is 0 Å². The van der Waals surface area contributed by atoms with Crippen LogP contribution in [-0.4, -0.2) is 13.3 Å². The highest BCUT2D eigenvalue weighted by Gasteiger charge is 2.21. The summed E-state index contributed by atoms with van der Waals surface area (Å²) in [6.45, 7) is 2.09. The van der Waals surface area contributed by atoms with Crippen LogP contribution in [0.3, 0.4) is 0 Å². The summed E-state index contributed by atoms with van der Waals surface area (Å²) in [6, 6.07) is 0. The minimum Gasteiger partial charge on any atom is -0.301 e. The number of aryl methyl sites for hydroxylation is 1. The van der Waals surface area contributed by atoms with Gasteiger partial charge < -0.3 is 4.72 Å². The Labute approximate surface area is 106 Å². The third-order valence-electron chi connectivity index (χ3n) is 1.18. The standard InChI is InChI=1S/C6H8Cl3N3S2/c1-2-3-4-10-11-5(13-4)12-14-6(7,8)9/h2-3H2,1H3,(H,11,12). The average Bonchev–Trinajstić information content (AvgIpc) is 2.49. The van der Waals surface area contributed by atoms with Crippen LogP contribution in [0, 0.1) is 0 Å². The smallest absolute Gasteiger partial charge is 0.256 e. The topological polar surface area (TPSA) is 37.8 Å². The molecule has 14 heavy (non-hydrogen) atoms. The Balaban J connectivity index is 2.44. The maximum absolute atomic E-state index is 5.54. The van der Waals surface area contributed by atoms with Gasteiger partial charge in [-0.15, -0.1) is 10.2 Å². The molecule has 1 rings (SSSR count). The summed E-state index contributed by atoms with van der Waals surface area (Å²) in [4.78, 5) is 0. The molecule has 3 nitrogen and oxygen atoms in total. The number of alkyl halides is 3. The first-order valence-electron chi connectivity index (χ1n) is 3.84. The van der Waals surface area contributed by atoms with E-state index in [0.717, 1.165) is 29.8 Å². The molecule has 0 spiro atoms. The molecule has 0 aliphatic heterocycles. The van der Waals surface area contributed by atoms with Crippen LogP contribution in [-0.2, 0) is 6.42 Å². The van der Waals surface area contributed by atoms with E-state index in [0.29, 0.717) is 5.13 Å².